The first kappa shape index (κ1) is 23.2. The van der Waals surface area contributed by atoms with Crippen molar-refractivity contribution in [2.24, 2.45) is 0 Å². The van der Waals surface area contributed by atoms with E-state index in [1.165, 1.54) is 19.1 Å². The van der Waals surface area contributed by atoms with E-state index < -0.39 is 17.4 Å². The summed E-state index contributed by atoms with van der Waals surface area (Å²) >= 11 is 18.2. The molecule has 0 fully saturated rings. The van der Waals surface area contributed by atoms with Crippen LogP contribution in [0.25, 0.3) is 22.3 Å². The lowest BCUT2D eigenvalue weighted by molar-refractivity contribution is -0.122. The first-order valence-electron chi connectivity index (χ1n) is 9.99. The van der Waals surface area contributed by atoms with Crippen molar-refractivity contribution < 1.29 is 13.9 Å². The van der Waals surface area contributed by atoms with Gasteiger partial charge in [-0.2, -0.15) is 0 Å². The molecule has 0 bridgehead atoms. The highest BCUT2D eigenvalue weighted by molar-refractivity contribution is 6.35. The van der Waals surface area contributed by atoms with Crippen LogP contribution in [0, 0.1) is 6.92 Å². The molecule has 0 saturated heterocycles. The van der Waals surface area contributed by atoms with Crippen molar-refractivity contribution in [3.05, 3.63) is 91.5 Å². The highest BCUT2D eigenvalue weighted by Crippen LogP contribution is 2.33. The Morgan fingerprint density at radius 2 is 1.64 bits per heavy atom. The van der Waals surface area contributed by atoms with Crippen molar-refractivity contribution in [2.45, 2.75) is 20.0 Å². The van der Waals surface area contributed by atoms with Crippen LogP contribution < -0.4 is 15.5 Å². The molecule has 0 spiro atoms. The number of nitrogens with one attached hydrogen (secondary N) is 1. The lowest BCUT2D eigenvalue weighted by Gasteiger charge is -2.17. The van der Waals surface area contributed by atoms with E-state index in [0.29, 0.717) is 31.9 Å². The summed E-state index contributed by atoms with van der Waals surface area (Å²) in [6.07, 6.45) is -1.05. The highest BCUT2D eigenvalue weighted by Gasteiger charge is 2.24. The second-order valence-electron chi connectivity index (χ2n) is 7.47. The van der Waals surface area contributed by atoms with Crippen LogP contribution in [-0.2, 0) is 4.79 Å². The van der Waals surface area contributed by atoms with E-state index in [0.717, 1.165) is 5.56 Å². The predicted octanol–water partition coefficient (Wildman–Crippen LogP) is 7.13. The summed E-state index contributed by atoms with van der Waals surface area (Å²) in [7, 11) is 0. The number of carbonyl (C=O) groups is 1. The zero-order valence-electron chi connectivity index (χ0n) is 17.6. The Kier molecular flexibility index (Phi) is 6.66. The number of hydrogen-bond acceptors (Lipinski definition) is 4. The smallest absolute Gasteiger partial charge is 0.265 e. The number of amides is 1. The van der Waals surface area contributed by atoms with Crippen LogP contribution >= 0.6 is 34.8 Å². The molecule has 8 heteroatoms. The van der Waals surface area contributed by atoms with Crippen molar-refractivity contribution in [2.75, 3.05) is 5.32 Å². The van der Waals surface area contributed by atoms with Gasteiger partial charge in [0, 0.05) is 15.6 Å². The second-order valence-corrected chi connectivity index (χ2v) is 8.75. The molecular formula is C25H18Cl3NO4. The zero-order valence-corrected chi connectivity index (χ0v) is 19.9. The van der Waals surface area contributed by atoms with E-state index in [9.17, 15) is 9.59 Å². The van der Waals surface area contributed by atoms with E-state index >= 15 is 0 Å². The number of aryl methyl sites for hydroxylation is 1. The van der Waals surface area contributed by atoms with Gasteiger partial charge in [0.15, 0.2) is 11.9 Å². The van der Waals surface area contributed by atoms with Crippen molar-refractivity contribution in [1.82, 2.24) is 0 Å². The van der Waals surface area contributed by atoms with Gasteiger partial charge in [-0.3, -0.25) is 9.59 Å². The molecule has 0 aliphatic heterocycles. The van der Waals surface area contributed by atoms with Gasteiger partial charge in [-0.05, 0) is 50.2 Å². The summed E-state index contributed by atoms with van der Waals surface area (Å²) in [5.41, 5.74) is 1.93. The Balaban J connectivity index is 1.75. The largest absolute Gasteiger partial charge is 0.473 e. The molecule has 1 amide bonds. The van der Waals surface area contributed by atoms with Gasteiger partial charge in [0.2, 0.25) is 11.2 Å². The van der Waals surface area contributed by atoms with Crippen LogP contribution in [-0.4, -0.2) is 12.0 Å². The first-order chi connectivity index (χ1) is 15.7. The van der Waals surface area contributed by atoms with Gasteiger partial charge in [-0.15, -0.1) is 0 Å². The van der Waals surface area contributed by atoms with Crippen LogP contribution in [0.5, 0.6) is 5.75 Å². The molecule has 0 unspecified atom stereocenters. The highest BCUT2D eigenvalue weighted by atomic mass is 35.5. The van der Waals surface area contributed by atoms with Gasteiger partial charge < -0.3 is 14.5 Å². The van der Waals surface area contributed by atoms with Gasteiger partial charge in [0.1, 0.15) is 5.58 Å². The fourth-order valence-electron chi connectivity index (χ4n) is 3.21. The average molecular weight is 503 g/mol. The summed E-state index contributed by atoms with van der Waals surface area (Å²) in [6, 6.07) is 16.9. The Bertz CT molecular complexity index is 1410. The maximum atomic E-state index is 13.3. The third-order valence-electron chi connectivity index (χ3n) is 4.97. The standard InChI is InChI=1S/C25H18Cl3NO4/c1-13-3-5-15(6-4-13)23-24(22(30)18-11-16(26)8-10-21(18)33-23)32-14(2)25(31)29-20-12-17(27)7-9-19(20)28/h3-12,14H,1-2H3,(H,29,31)/t14-/m1/s1. The molecule has 0 aliphatic rings. The molecule has 1 atom stereocenters. The van der Waals surface area contributed by atoms with Gasteiger partial charge in [0.25, 0.3) is 5.91 Å². The quantitative estimate of drug-likeness (QED) is 0.315. The van der Waals surface area contributed by atoms with Crippen LogP contribution in [0.15, 0.2) is 69.9 Å². The number of hydrogen-bond donors (Lipinski definition) is 1. The maximum absolute atomic E-state index is 13.3. The van der Waals surface area contributed by atoms with Gasteiger partial charge in [-0.1, -0.05) is 64.6 Å². The number of benzene rings is 3. The Labute approximate surface area is 204 Å². The second kappa shape index (κ2) is 9.48. The van der Waals surface area contributed by atoms with Gasteiger partial charge in [0.05, 0.1) is 16.1 Å². The lowest BCUT2D eigenvalue weighted by atomic mass is 10.1. The summed E-state index contributed by atoms with van der Waals surface area (Å²) in [5, 5.41) is 4.03. The maximum Gasteiger partial charge on any atom is 0.265 e. The molecule has 4 aromatic rings. The molecule has 0 aliphatic carbocycles. The lowest BCUT2D eigenvalue weighted by Crippen LogP contribution is -2.32. The van der Waals surface area contributed by atoms with E-state index in [4.69, 9.17) is 44.0 Å². The number of carbonyl (C=O) groups excluding carboxylic acids is 1. The molecule has 33 heavy (non-hydrogen) atoms. The van der Waals surface area contributed by atoms with Crippen molar-refractivity contribution in [3.63, 3.8) is 0 Å². The number of fused-ring (bicyclic) bond motifs is 1. The molecular weight excluding hydrogens is 485 g/mol. The summed E-state index contributed by atoms with van der Waals surface area (Å²) < 4.78 is 11.9. The van der Waals surface area contributed by atoms with E-state index in [1.54, 1.807) is 24.3 Å². The third-order valence-corrected chi connectivity index (χ3v) is 5.77. The molecule has 168 valence electrons. The molecule has 1 N–H and O–H groups in total. The van der Waals surface area contributed by atoms with E-state index in [1.807, 2.05) is 31.2 Å². The minimum absolute atomic E-state index is 0.0894. The molecule has 1 aromatic heterocycles. The molecule has 1 heterocycles. The molecule has 5 nitrogen and oxygen atoms in total. The van der Waals surface area contributed by atoms with Crippen molar-refractivity contribution in [3.8, 4) is 17.1 Å². The predicted molar refractivity (Wildman–Crippen MR) is 133 cm³/mol. The van der Waals surface area contributed by atoms with Crippen LogP contribution in [0.2, 0.25) is 15.1 Å². The Morgan fingerprint density at radius 1 is 0.970 bits per heavy atom. The van der Waals surface area contributed by atoms with Crippen LogP contribution in [0.3, 0.4) is 0 Å². The Hall–Kier alpha value is -2.99. The van der Waals surface area contributed by atoms with Crippen molar-refractivity contribution in [1.29, 1.82) is 0 Å². The fourth-order valence-corrected chi connectivity index (χ4v) is 3.72. The van der Waals surface area contributed by atoms with Gasteiger partial charge in [-0.25, -0.2) is 0 Å². The summed E-state index contributed by atoms with van der Waals surface area (Å²) in [5.74, 6) is -0.386. The van der Waals surface area contributed by atoms with Crippen molar-refractivity contribution >= 4 is 57.4 Å². The molecule has 3 aromatic carbocycles. The topological polar surface area (TPSA) is 68.5 Å². The molecule has 0 radical (unpaired) electrons. The number of rotatable bonds is 5. The Morgan fingerprint density at radius 3 is 2.36 bits per heavy atom. The first-order valence-corrected chi connectivity index (χ1v) is 11.1. The average Bonchev–Trinajstić information content (AvgIpc) is 2.79. The number of halogens is 3. The van der Waals surface area contributed by atoms with E-state index in [-0.39, 0.29) is 16.9 Å². The normalized spacial score (nSPS) is 11.9. The van der Waals surface area contributed by atoms with E-state index in [2.05, 4.69) is 5.32 Å². The molecule has 0 saturated carbocycles. The van der Waals surface area contributed by atoms with Crippen LogP contribution in [0.1, 0.15) is 12.5 Å². The SMILES string of the molecule is Cc1ccc(-c2oc3ccc(Cl)cc3c(=O)c2O[C@H](C)C(=O)Nc2cc(Cl)ccc2Cl)cc1. The van der Waals surface area contributed by atoms with Gasteiger partial charge >= 0.3 is 0 Å². The minimum Gasteiger partial charge on any atom is -0.473 e. The number of ether oxygens (including phenoxy) is 1. The molecule has 4 rings (SSSR count). The zero-order chi connectivity index (χ0) is 23.7. The summed E-state index contributed by atoms with van der Waals surface area (Å²) in [6.45, 7) is 3.47. The minimum atomic E-state index is -1.05. The third kappa shape index (κ3) is 5.01. The monoisotopic (exact) mass is 501 g/mol. The van der Waals surface area contributed by atoms with Crippen LogP contribution in [0.4, 0.5) is 5.69 Å². The number of anilines is 1. The fraction of sp³-hybridized carbons (Fsp3) is 0.120. The summed E-state index contributed by atoms with van der Waals surface area (Å²) in [4.78, 5) is 26.2.